The number of amides is 1. The molecule has 1 aromatic heterocycles. The topological polar surface area (TPSA) is 63.2 Å². The van der Waals surface area contributed by atoms with Crippen LogP contribution >= 0.6 is 0 Å². The maximum absolute atomic E-state index is 12.1. The van der Waals surface area contributed by atoms with Crippen molar-refractivity contribution in [1.82, 2.24) is 10.3 Å². The van der Waals surface area contributed by atoms with Gasteiger partial charge in [-0.15, -0.1) is 0 Å². The smallest absolute Gasteiger partial charge is 0.270 e. The standard InChI is InChI=1S/C18H23N3O2/c1-5-23-16-9-7-6-8-14(16)20-13-10-11-15(19-12-13)17(22)21-18(2,3)4/h6-12,20H,5H2,1-4H3,(H,21,22). The Morgan fingerprint density at radius 1 is 1.17 bits per heavy atom. The van der Waals surface area contributed by atoms with E-state index in [0.29, 0.717) is 12.3 Å². The van der Waals surface area contributed by atoms with Gasteiger partial charge in [0, 0.05) is 5.54 Å². The molecule has 0 aliphatic carbocycles. The number of para-hydroxylation sites is 2. The zero-order valence-electron chi connectivity index (χ0n) is 14.0. The molecule has 1 aromatic carbocycles. The Bertz CT molecular complexity index is 661. The van der Waals surface area contributed by atoms with Crippen LogP contribution in [0.15, 0.2) is 42.6 Å². The highest BCUT2D eigenvalue weighted by Gasteiger charge is 2.16. The lowest BCUT2D eigenvalue weighted by Gasteiger charge is -2.20. The normalized spacial score (nSPS) is 11.0. The summed E-state index contributed by atoms with van der Waals surface area (Å²) in [5.74, 6) is 0.600. The van der Waals surface area contributed by atoms with Gasteiger partial charge in [-0.3, -0.25) is 4.79 Å². The Morgan fingerprint density at radius 2 is 1.91 bits per heavy atom. The van der Waals surface area contributed by atoms with E-state index >= 15 is 0 Å². The molecule has 23 heavy (non-hydrogen) atoms. The van der Waals surface area contributed by atoms with Crippen LogP contribution in [-0.2, 0) is 0 Å². The van der Waals surface area contributed by atoms with Crippen LogP contribution in [0.5, 0.6) is 5.75 Å². The number of ether oxygens (including phenoxy) is 1. The van der Waals surface area contributed by atoms with Gasteiger partial charge in [-0.2, -0.15) is 0 Å². The molecule has 2 rings (SSSR count). The average Bonchev–Trinajstić information content (AvgIpc) is 2.48. The van der Waals surface area contributed by atoms with Crippen molar-refractivity contribution in [3.8, 4) is 5.75 Å². The van der Waals surface area contributed by atoms with Gasteiger partial charge in [0.1, 0.15) is 11.4 Å². The highest BCUT2D eigenvalue weighted by molar-refractivity contribution is 5.93. The molecule has 0 bridgehead atoms. The Morgan fingerprint density at radius 3 is 2.52 bits per heavy atom. The second kappa shape index (κ2) is 7.13. The van der Waals surface area contributed by atoms with Gasteiger partial charge in [-0.05, 0) is 52.0 Å². The number of carbonyl (C=O) groups is 1. The molecule has 1 heterocycles. The van der Waals surface area contributed by atoms with Crippen LogP contribution in [0.4, 0.5) is 11.4 Å². The van der Waals surface area contributed by atoms with Gasteiger partial charge in [0.2, 0.25) is 0 Å². The third kappa shape index (κ3) is 4.98. The van der Waals surface area contributed by atoms with Crippen LogP contribution < -0.4 is 15.4 Å². The number of hydrogen-bond donors (Lipinski definition) is 2. The van der Waals surface area contributed by atoms with Crippen molar-refractivity contribution < 1.29 is 9.53 Å². The number of anilines is 2. The summed E-state index contributed by atoms with van der Waals surface area (Å²) in [4.78, 5) is 16.3. The zero-order valence-corrected chi connectivity index (χ0v) is 14.0. The minimum atomic E-state index is -0.286. The van der Waals surface area contributed by atoms with Gasteiger partial charge in [0.05, 0.1) is 24.2 Å². The van der Waals surface area contributed by atoms with Crippen LogP contribution in [0.2, 0.25) is 0 Å². The van der Waals surface area contributed by atoms with E-state index in [4.69, 9.17) is 4.74 Å². The van der Waals surface area contributed by atoms with E-state index in [1.54, 1.807) is 12.3 Å². The first kappa shape index (κ1) is 16.8. The molecular formula is C18H23N3O2. The molecule has 0 atom stereocenters. The monoisotopic (exact) mass is 313 g/mol. The van der Waals surface area contributed by atoms with Gasteiger partial charge < -0.3 is 15.4 Å². The van der Waals surface area contributed by atoms with Crippen LogP contribution in [0.1, 0.15) is 38.2 Å². The lowest BCUT2D eigenvalue weighted by Crippen LogP contribution is -2.40. The summed E-state index contributed by atoms with van der Waals surface area (Å²) in [5.41, 5.74) is 1.77. The second-order valence-electron chi connectivity index (χ2n) is 6.19. The maximum atomic E-state index is 12.1. The van der Waals surface area contributed by atoms with Gasteiger partial charge in [0.15, 0.2) is 0 Å². The number of nitrogens with one attached hydrogen (secondary N) is 2. The molecule has 122 valence electrons. The van der Waals surface area contributed by atoms with Crippen LogP contribution in [-0.4, -0.2) is 23.0 Å². The Kier molecular flexibility index (Phi) is 5.21. The van der Waals surface area contributed by atoms with Gasteiger partial charge in [-0.25, -0.2) is 4.98 Å². The van der Waals surface area contributed by atoms with Gasteiger partial charge in [0.25, 0.3) is 5.91 Å². The predicted octanol–water partition coefficient (Wildman–Crippen LogP) is 3.75. The minimum absolute atomic E-state index is 0.182. The summed E-state index contributed by atoms with van der Waals surface area (Å²) >= 11 is 0. The first-order valence-electron chi connectivity index (χ1n) is 7.66. The van der Waals surface area contributed by atoms with Crippen molar-refractivity contribution in [2.45, 2.75) is 33.2 Å². The molecule has 2 aromatic rings. The molecule has 1 amide bonds. The van der Waals surface area contributed by atoms with Crippen molar-refractivity contribution in [2.75, 3.05) is 11.9 Å². The molecule has 0 aliphatic rings. The van der Waals surface area contributed by atoms with E-state index in [-0.39, 0.29) is 11.4 Å². The molecule has 0 spiro atoms. The van der Waals surface area contributed by atoms with Crippen molar-refractivity contribution in [1.29, 1.82) is 0 Å². The molecule has 0 radical (unpaired) electrons. The van der Waals surface area contributed by atoms with Crippen molar-refractivity contribution in [2.24, 2.45) is 0 Å². The Labute approximate surface area is 137 Å². The molecule has 0 fully saturated rings. The van der Waals surface area contributed by atoms with Crippen LogP contribution in [0.25, 0.3) is 0 Å². The fraction of sp³-hybridized carbons (Fsp3) is 0.333. The van der Waals surface area contributed by atoms with E-state index < -0.39 is 0 Å². The summed E-state index contributed by atoms with van der Waals surface area (Å²) in [5, 5.41) is 6.14. The molecule has 0 saturated heterocycles. The summed E-state index contributed by atoms with van der Waals surface area (Å²) < 4.78 is 5.58. The van der Waals surface area contributed by atoms with Crippen molar-refractivity contribution >= 4 is 17.3 Å². The average molecular weight is 313 g/mol. The molecular weight excluding hydrogens is 290 g/mol. The fourth-order valence-corrected chi connectivity index (χ4v) is 2.01. The Hall–Kier alpha value is -2.56. The second-order valence-corrected chi connectivity index (χ2v) is 6.19. The number of carbonyl (C=O) groups excluding carboxylic acids is 1. The number of hydrogen-bond acceptors (Lipinski definition) is 4. The number of benzene rings is 1. The highest BCUT2D eigenvalue weighted by atomic mass is 16.5. The first-order chi connectivity index (χ1) is 10.9. The number of pyridine rings is 1. The molecule has 5 heteroatoms. The summed E-state index contributed by atoms with van der Waals surface area (Å²) in [6, 6.07) is 11.2. The lowest BCUT2D eigenvalue weighted by atomic mass is 10.1. The van der Waals surface area contributed by atoms with Crippen LogP contribution in [0.3, 0.4) is 0 Å². The minimum Gasteiger partial charge on any atom is -0.492 e. The molecule has 2 N–H and O–H groups in total. The molecule has 5 nitrogen and oxygen atoms in total. The fourth-order valence-electron chi connectivity index (χ4n) is 2.01. The Balaban J connectivity index is 2.10. The predicted molar refractivity (Wildman–Crippen MR) is 92.3 cm³/mol. The quantitative estimate of drug-likeness (QED) is 0.882. The number of rotatable bonds is 5. The van der Waals surface area contributed by atoms with E-state index in [1.807, 2.05) is 58.0 Å². The molecule has 0 saturated carbocycles. The largest absolute Gasteiger partial charge is 0.492 e. The van der Waals surface area contributed by atoms with E-state index in [1.165, 1.54) is 0 Å². The third-order valence-corrected chi connectivity index (χ3v) is 2.95. The van der Waals surface area contributed by atoms with Crippen molar-refractivity contribution in [3.05, 3.63) is 48.3 Å². The third-order valence-electron chi connectivity index (χ3n) is 2.95. The van der Waals surface area contributed by atoms with E-state index in [9.17, 15) is 4.79 Å². The van der Waals surface area contributed by atoms with Gasteiger partial charge >= 0.3 is 0 Å². The van der Waals surface area contributed by atoms with Crippen LogP contribution in [0, 0.1) is 0 Å². The highest BCUT2D eigenvalue weighted by Crippen LogP contribution is 2.27. The first-order valence-corrected chi connectivity index (χ1v) is 7.66. The van der Waals surface area contributed by atoms with E-state index in [0.717, 1.165) is 17.1 Å². The van der Waals surface area contributed by atoms with Gasteiger partial charge in [-0.1, -0.05) is 12.1 Å². The summed E-state index contributed by atoms with van der Waals surface area (Å²) in [6.45, 7) is 8.35. The lowest BCUT2D eigenvalue weighted by molar-refractivity contribution is 0.0914. The SMILES string of the molecule is CCOc1ccccc1Nc1ccc(C(=O)NC(C)(C)C)nc1. The zero-order chi connectivity index (χ0) is 16.9. The number of aromatic nitrogens is 1. The van der Waals surface area contributed by atoms with E-state index in [2.05, 4.69) is 15.6 Å². The maximum Gasteiger partial charge on any atom is 0.270 e. The summed E-state index contributed by atoms with van der Waals surface area (Å²) in [6.07, 6.45) is 1.64. The number of nitrogens with zero attached hydrogens (tertiary/aromatic N) is 1. The molecule has 0 unspecified atom stereocenters. The van der Waals surface area contributed by atoms with Crippen molar-refractivity contribution in [3.63, 3.8) is 0 Å². The molecule has 0 aliphatic heterocycles. The summed E-state index contributed by atoms with van der Waals surface area (Å²) in [7, 11) is 0.